The van der Waals surface area contributed by atoms with E-state index in [2.05, 4.69) is 5.32 Å². The highest BCUT2D eigenvalue weighted by atomic mass is 16.5. The van der Waals surface area contributed by atoms with Gasteiger partial charge in [-0.15, -0.1) is 0 Å². The Hall–Kier alpha value is -3.97. The summed E-state index contributed by atoms with van der Waals surface area (Å²) in [6.07, 6.45) is 0.325. The number of hydrogen-bond acceptors (Lipinski definition) is 6. The summed E-state index contributed by atoms with van der Waals surface area (Å²) in [6, 6.07) is 27.4. The van der Waals surface area contributed by atoms with Crippen molar-refractivity contribution in [3.05, 3.63) is 108 Å². The summed E-state index contributed by atoms with van der Waals surface area (Å²) in [5.74, 6) is -1.20. The third-order valence-electron chi connectivity index (χ3n) is 5.90. The van der Waals surface area contributed by atoms with E-state index >= 15 is 0 Å². The van der Waals surface area contributed by atoms with E-state index in [4.69, 9.17) is 9.47 Å². The van der Waals surface area contributed by atoms with Crippen molar-refractivity contribution in [2.75, 3.05) is 6.54 Å². The van der Waals surface area contributed by atoms with Crippen LogP contribution >= 0.6 is 0 Å². The molecule has 0 unspecified atom stereocenters. The average molecular weight is 473 g/mol. The normalized spacial score (nSPS) is 17.1. The standard InChI is InChI=1S/C28H28N2O5/c31-26(34-19-22-12-6-2-7-13-22)17-29-27(32)24-16-25(30(24)18-21-10-4-1-5-11-21)28(33)35-20-23-14-8-3-9-15-23/h1-15,24-25H,16-20H2,(H,29,32)/t24-,25+/m1/s1. The molecular weight excluding hydrogens is 444 g/mol. The Morgan fingerprint density at radius 3 is 1.80 bits per heavy atom. The number of benzene rings is 3. The number of carbonyl (C=O) groups excluding carboxylic acids is 3. The lowest BCUT2D eigenvalue weighted by Crippen LogP contribution is -2.64. The van der Waals surface area contributed by atoms with Gasteiger partial charge < -0.3 is 14.8 Å². The second kappa shape index (κ2) is 11.9. The molecule has 7 nitrogen and oxygen atoms in total. The molecule has 3 aromatic rings. The van der Waals surface area contributed by atoms with E-state index in [1.165, 1.54) is 0 Å². The number of nitrogens with one attached hydrogen (secondary N) is 1. The number of esters is 2. The number of amides is 1. The van der Waals surface area contributed by atoms with Crippen molar-refractivity contribution in [3.8, 4) is 0 Å². The molecule has 0 radical (unpaired) electrons. The molecule has 1 amide bonds. The minimum atomic E-state index is -0.536. The van der Waals surface area contributed by atoms with Gasteiger partial charge in [0.1, 0.15) is 25.8 Å². The maximum atomic E-state index is 12.8. The number of likely N-dealkylation sites (tertiary alicyclic amines) is 1. The van der Waals surface area contributed by atoms with Crippen molar-refractivity contribution >= 4 is 17.8 Å². The molecule has 0 saturated carbocycles. The van der Waals surface area contributed by atoms with Gasteiger partial charge in [-0.1, -0.05) is 91.0 Å². The molecule has 1 saturated heterocycles. The summed E-state index contributed by atoms with van der Waals surface area (Å²) in [5.41, 5.74) is 2.75. The molecular formula is C28H28N2O5. The van der Waals surface area contributed by atoms with Gasteiger partial charge in [-0.3, -0.25) is 19.3 Å². The zero-order chi connectivity index (χ0) is 24.5. The first-order chi connectivity index (χ1) is 17.1. The Labute approximate surface area is 204 Å². The molecule has 35 heavy (non-hydrogen) atoms. The molecule has 1 fully saturated rings. The highest BCUT2D eigenvalue weighted by molar-refractivity contribution is 5.89. The van der Waals surface area contributed by atoms with Crippen molar-refractivity contribution in [3.63, 3.8) is 0 Å². The van der Waals surface area contributed by atoms with Crippen LogP contribution in [0.15, 0.2) is 91.0 Å². The summed E-state index contributed by atoms with van der Waals surface area (Å²) < 4.78 is 10.7. The molecule has 4 rings (SSSR count). The van der Waals surface area contributed by atoms with E-state index in [1.54, 1.807) is 0 Å². The fourth-order valence-electron chi connectivity index (χ4n) is 3.96. The van der Waals surface area contributed by atoms with Crippen molar-refractivity contribution in [2.45, 2.75) is 38.3 Å². The molecule has 3 aromatic carbocycles. The number of hydrogen-bond donors (Lipinski definition) is 1. The van der Waals surface area contributed by atoms with E-state index in [9.17, 15) is 14.4 Å². The van der Waals surface area contributed by atoms with Crippen molar-refractivity contribution in [2.24, 2.45) is 0 Å². The van der Waals surface area contributed by atoms with Gasteiger partial charge in [0.25, 0.3) is 0 Å². The summed E-state index contributed by atoms with van der Waals surface area (Å²) in [5, 5.41) is 2.65. The molecule has 1 aliphatic heterocycles. The topological polar surface area (TPSA) is 84.9 Å². The van der Waals surface area contributed by atoms with Gasteiger partial charge in [0.15, 0.2) is 0 Å². The number of nitrogens with zero attached hydrogens (tertiary/aromatic N) is 1. The molecule has 0 spiro atoms. The summed E-state index contributed by atoms with van der Waals surface area (Å²) in [4.78, 5) is 39.5. The van der Waals surface area contributed by atoms with Crippen LogP contribution in [0.1, 0.15) is 23.1 Å². The van der Waals surface area contributed by atoms with Crippen LogP contribution in [0.2, 0.25) is 0 Å². The lowest BCUT2D eigenvalue weighted by atomic mass is 9.91. The molecule has 180 valence electrons. The van der Waals surface area contributed by atoms with Crippen LogP contribution in [0.5, 0.6) is 0 Å². The van der Waals surface area contributed by atoms with Gasteiger partial charge in [-0.05, 0) is 23.1 Å². The molecule has 0 aliphatic carbocycles. The maximum absolute atomic E-state index is 12.8. The van der Waals surface area contributed by atoms with Crippen LogP contribution in [0, 0.1) is 0 Å². The SMILES string of the molecule is O=C(CNC(=O)[C@H]1C[C@@H](C(=O)OCc2ccccc2)N1Cc1ccccc1)OCc1ccccc1. The lowest BCUT2D eigenvalue weighted by molar-refractivity contribution is -0.164. The van der Waals surface area contributed by atoms with Crippen molar-refractivity contribution in [1.29, 1.82) is 0 Å². The van der Waals surface area contributed by atoms with Crippen LogP contribution in [-0.4, -0.2) is 41.4 Å². The Morgan fingerprint density at radius 2 is 1.23 bits per heavy atom. The smallest absolute Gasteiger partial charge is 0.325 e. The molecule has 1 N–H and O–H groups in total. The minimum Gasteiger partial charge on any atom is -0.460 e. The first-order valence-electron chi connectivity index (χ1n) is 11.6. The fourth-order valence-corrected chi connectivity index (χ4v) is 3.96. The average Bonchev–Trinajstić information content (AvgIpc) is 2.89. The van der Waals surface area contributed by atoms with Gasteiger partial charge in [0.05, 0.1) is 6.04 Å². The number of rotatable bonds is 10. The summed E-state index contributed by atoms with van der Waals surface area (Å²) in [6.45, 7) is 0.515. The summed E-state index contributed by atoms with van der Waals surface area (Å²) >= 11 is 0. The Morgan fingerprint density at radius 1 is 0.714 bits per heavy atom. The highest BCUT2D eigenvalue weighted by Gasteiger charge is 2.47. The Bertz CT molecular complexity index is 1120. The summed E-state index contributed by atoms with van der Waals surface area (Å²) in [7, 11) is 0. The third kappa shape index (κ3) is 6.77. The van der Waals surface area contributed by atoms with E-state index in [0.29, 0.717) is 13.0 Å². The number of ether oxygens (including phenoxy) is 2. The maximum Gasteiger partial charge on any atom is 0.325 e. The zero-order valence-corrected chi connectivity index (χ0v) is 19.3. The van der Waals surface area contributed by atoms with Gasteiger partial charge in [-0.25, -0.2) is 0 Å². The predicted molar refractivity (Wildman–Crippen MR) is 130 cm³/mol. The monoisotopic (exact) mass is 472 g/mol. The van der Waals surface area contributed by atoms with E-state index in [-0.39, 0.29) is 31.6 Å². The second-order valence-corrected chi connectivity index (χ2v) is 8.38. The lowest BCUT2D eigenvalue weighted by Gasteiger charge is -2.45. The first-order valence-corrected chi connectivity index (χ1v) is 11.6. The minimum absolute atomic E-state index is 0.147. The quantitative estimate of drug-likeness (QED) is 0.456. The number of carbonyl (C=O) groups is 3. The van der Waals surface area contributed by atoms with E-state index in [1.807, 2.05) is 95.9 Å². The van der Waals surface area contributed by atoms with Gasteiger partial charge in [0.2, 0.25) is 5.91 Å². The molecule has 2 atom stereocenters. The molecule has 7 heteroatoms. The predicted octanol–water partition coefficient (Wildman–Crippen LogP) is 3.23. The van der Waals surface area contributed by atoms with Crippen LogP contribution in [-0.2, 0) is 43.6 Å². The van der Waals surface area contributed by atoms with Crippen molar-refractivity contribution < 1.29 is 23.9 Å². The van der Waals surface area contributed by atoms with Crippen LogP contribution in [0.3, 0.4) is 0 Å². The molecule has 1 aliphatic rings. The van der Waals surface area contributed by atoms with Gasteiger partial charge in [0, 0.05) is 6.54 Å². The van der Waals surface area contributed by atoms with Crippen LogP contribution < -0.4 is 5.32 Å². The molecule has 0 aromatic heterocycles. The van der Waals surface area contributed by atoms with E-state index in [0.717, 1.165) is 16.7 Å². The second-order valence-electron chi connectivity index (χ2n) is 8.38. The molecule has 0 bridgehead atoms. The largest absolute Gasteiger partial charge is 0.460 e. The highest BCUT2D eigenvalue weighted by Crippen LogP contribution is 2.29. The first kappa shape index (κ1) is 24.2. The molecule has 1 heterocycles. The Kier molecular flexibility index (Phi) is 8.25. The van der Waals surface area contributed by atoms with Crippen LogP contribution in [0.4, 0.5) is 0 Å². The van der Waals surface area contributed by atoms with Crippen molar-refractivity contribution in [1.82, 2.24) is 10.2 Å². The van der Waals surface area contributed by atoms with Gasteiger partial charge >= 0.3 is 11.9 Å². The zero-order valence-electron chi connectivity index (χ0n) is 19.3. The van der Waals surface area contributed by atoms with Gasteiger partial charge in [-0.2, -0.15) is 0 Å². The Balaban J connectivity index is 1.31. The van der Waals surface area contributed by atoms with E-state index < -0.39 is 18.1 Å². The third-order valence-corrected chi connectivity index (χ3v) is 5.90. The fraction of sp³-hybridized carbons (Fsp3) is 0.250. The van der Waals surface area contributed by atoms with Crippen LogP contribution in [0.25, 0.3) is 0 Å².